The van der Waals surface area contributed by atoms with Gasteiger partial charge in [-0.3, -0.25) is 0 Å². The van der Waals surface area contributed by atoms with Crippen LogP contribution in [0, 0.1) is 5.92 Å². The van der Waals surface area contributed by atoms with Crippen LogP contribution in [-0.4, -0.2) is 44.6 Å². The topological polar surface area (TPSA) is 66.8 Å². The minimum Gasteiger partial charge on any atom is -0.392 e. The molecule has 2 rings (SSSR count). The van der Waals surface area contributed by atoms with E-state index in [0.29, 0.717) is 23.2 Å². The Balaban J connectivity index is 2.16. The molecule has 118 valence electrons. The predicted molar refractivity (Wildman–Crippen MR) is 83.4 cm³/mol. The Hall–Kier alpha value is -0.470. The highest BCUT2D eigenvalue weighted by atomic mass is 79.9. The minimum absolute atomic E-state index is 0.117. The lowest BCUT2D eigenvalue weighted by molar-refractivity contribution is 0.0495. The standard InChI is InChI=1S/C14H20BrNO4S/c1-16(8-12-3-2-6-20-10-12)21(18,19)14-5-4-11(9-17)7-13(14)15/h4-5,7,12,17H,2-3,6,8-10H2,1H3. The summed E-state index contributed by atoms with van der Waals surface area (Å²) in [4.78, 5) is 0.221. The maximum absolute atomic E-state index is 12.6. The van der Waals surface area contributed by atoms with Crippen molar-refractivity contribution in [2.24, 2.45) is 5.92 Å². The van der Waals surface area contributed by atoms with Crippen LogP contribution >= 0.6 is 15.9 Å². The molecule has 0 saturated carbocycles. The molecule has 1 heterocycles. The summed E-state index contributed by atoms with van der Waals surface area (Å²) in [5.74, 6) is 0.244. The molecule has 1 N–H and O–H groups in total. The number of benzene rings is 1. The van der Waals surface area contributed by atoms with Gasteiger partial charge in [0.25, 0.3) is 0 Å². The van der Waals surface area contributed by atoms with Gasteiger partial charge in [-0.25, -0.2) is 12.7 Å². The van der Waals surface area contributed by atoms with E-state index in [2.05, 4.69) is 15.9 Å². The van der Waals surface area contributed by atoms with Gasteiger partial charge in [0.1, 0.15) is 0 Å². The van der Waals surface area contributed by atoms with Crippen molar-refractivity contribution in [3.05, 3.63) is 28.2 Å². The highest BCUT2D eigenvalue weighted by molar-refractivity contribution is 9.10. The third kappa shape index (κ3) is 4.04. The van der Waals surface area contributed by atoms with Crippen molar-refractivity contribution < 1.29 is 18.3 Å². The SMILES string of the molecule is CN(CC1CCCOC1)S(=O)(=O)c1ccc(CO)cc1Br. The number of hydrogen-bond donors (Lipinski definition) is 1. The molecule has 1 aliphatic heterocycles. The molecule has 1 aromatic rings. The Labute approximate surface area is 134 Å². The summed E-state index contributed by atoms with van der Waals surface area (Å²) in [6, 6.07) is 4.78. The molecule has 0 aromatic heterocycles. The Morgan fingerprint density at radius 1 is 1.48 bits per heavy atom. The third-order valence-electron chi connectivity index (χ3n) is 3.64. The van der Waals surface area contributed by atoms with Gasteiger partial charge in [0.05, 0.1) is 18.1 Å². The van der Waals surface area contributed by atoms with Crippen molar-refractivity contribution in [1.29, 1.82) is 0 Å². The summed E-state index contributed by atoms with van der Waals surface area (Å²) >= 11 is 3.28. The van der Waals surface area contributed by atoms with Gasteiger partial charge in [-0.15, -0.1) is 0 Å². The van der Waals surface area contributed by atoms with E-state index >= 15 is 0 Å². The van der Waals surface area contributed by atoms with Gasteiger partial charge in [-0.05, 0) is 52.4 Å². The van der Waals surface area contributed by atoms with Crippen molar-refractivity contribution in [3.63, 3.8) is 0 Å². The molecular weight excluding hydrogens is 358 g/mol. The van der Waals surface area contributed by atoms with Crippen LogP contribution in [-0.2, 0) is 21.4 Å². The first-order valence-electron chi connectivity index (χ1n) is 6.88. The van der Waals surface area contributed by atoms with Gasteiger partial charge >= 0.3 is 0 Å². The van der Waals surface area contributed by atoms with Gasteiger partial charge in [-0.2, -0.15) is 0 Å². The summed E-state index contributed by atoms with van der Waals surface area (Å²) in [5, 5.41) is 9.09. The van der Waals surface area contributed by atoms with Gasteiger partial charge in [-0.1, -0.05) is 6.07 Å². The highest BCUT2D eigenvalue weighted by Gasteiger charge is 2.26. The molecule has 0 aliphatic carbocycles. The summed E-state index contributed by atoms with van der Waals surface area (Å²) in [6.07, 6.45) is 1.97. The number of rotatable bonds is 5. The van der Waals surface area contributed by atoms with E-state index in [-0.39, 0.29) is 17.4 Å². The molecule has 1 fully saturated rings. The van der Waals surface area contributed by atoms with E-state index in [1.807, 2.05) is 0 Å². The van der Waals surface area contributed by atoms with E-state index < -0.39 is 10.0 Å². The van der Waals surface area contributed by atoms with Crippen LogP contribution in [0.25, 0.3) is 0 Å². The van der Waals surface area contributed by atoms with Crippen LogP contribution < -0.4 is 0 Å². The summed E-state index contributed by atoms with van der Waals surface area (Å²) in [5.41, 5.74) is 0.671. The van der Waals surface area contributed by atoms with Crippen LogP contribution in [0.3, 0.4) is 0 Å². The van der Waals surface area contributed by atoms with Crippen LogP contribution in [0.15, 0.2) is 27.6 Å². The molecule has 1 aliphatic rings. The Bertz CT molecular complexity index is 585. The number of ether oxygens (including phenoxy) is 1. The molecule has 1 saturated heterocycles. The van der Waals surface area contributed by atoms with E-state index in [1.54, 1.807) is 19.2 Å². The molecule has 0 spiro atoms. The van der Waals surface area contributed by atoms with Crippen molar-refractivity contribution in [3.8, 4) is 0 Å². The highest BCUT2D eigenvalue weighted by Crippen LogP contribution is 2.27. The maximum Gasteiger partial charge on any atom is 0.243 e. The van der Waals surface area contributed by atoms with Gasteiger partial charge < -0.3 is 9.84 Å². The number of nitrogens with zero attached hydrogens (tertiary/aromatic N) is 1. The van der Waals surface area contributed by atoms with Crippen LogP contribution in [0.5, 0.6) is 0 Å². The minimum atomic E-state index is -3.54. The average molecular weight is 378 g/mol. The van der Waals surface area contributed by atoms with Crippen molar-refractivity contribution in [2.45, 2.75) is 24.3 Å². The van der Waals surface area contributed by atoms with Crippen LogP contribution in [0.1, 0.15) is 18.4 Å². The van der Waals surface area contributed by atoms with Crippen molar-refractivity contribution in [1.82, 2.24) is 4.31 Å². The zero-order valence-electron chi connectivity index (χ0n) is 12.0. The number of aliphatic hydroxyl groups is 1. The van der Waals surface area contributed by atoms with Crippen molar-refractivity contribution in [2.75, 3.05) is 26.8 Å². The first-order valence-corrected chi connectivity index (χ1v) is 9.12. The largest absolute Gasteiger partial charge is 0.392 e. The molecule has 0 radical (unpaired) electrons. The third-order valence-corrected chi connectivity index (χ3v) is 6.44. The normalized spacial score (nSPS) is 19.9. The van der Waals surface area contributed by atoms with Crippen LogP contribution in [0.4, 0.5) is 0 Å². The Kier molecular flexibility index (Phi) is 5.79. The molecule has 21 heavy (non-hydrogen) atoms. The van der Waals surface area contributed by atoms with E-state index in [1.165, 1.54) is 10.4 Å². The molecule has 7 heteroatoms. The summed E-state index contributed by atoms with van der Waals surface area (Å²) in [7, 11) is -1.95. The summed E-state index contributed by atoms with van der Waals surface area (Å²) in [6.45, 7) is 1.72. The molecule has 5 nitrogen and oxygen atoms in total. The number of hydrogen-bond acceptors (Lipinski definition) is 4. The second-order valence-corrected chi connectivity index (χ2v) is 8.16. The van der Waals surface area contributed by atoms with E-state index in [4.69, 9.17) is 9.84 Å². The predicted octanol–water partition coefficient (Wildman–Crippen LogP) is 1.99. The molecule has 1 atom stereocenters. The molecule has 1 unspecified atom stereocenters. The second-order valence-electron chi connectivity index (χ2n) is 5.29. The molecule has 1 aromatic carbocycles. The van der Waals surface area contributed by atoms with Crippen molar-refractivity contribution >= 4 is 26.0 Å². The zero-order chi connectivity index (χ0) is 15.5. The molecular formula is C14H20BrNO4S. The number of sulfonamides is 1. The zero-order valence-corrected chi connectivity index (χ0v) is 14.4. The average Bonchev–Trinajstić information content (AvgIpc) is 2.47. The molecule has 0 bridgehead atoms. The lowest BCUT2D eigenvalue weighted by Crippen LogP contribution is -2.35. The first-order chi connectivity index (χ1) is 9.95. The van der Waals surface area contributed by atoms with Gasteiger partial charge in [0, 0.05) is 24.7 Å². The maximum atomic E-state index is 12.6. The van der Waals surface area contributed by atoms with E-state index in [9.17, 15) is 8.42 Å². The number of aliphatic hydroxyl groups excluding tert-OH is 1. The fourth-order valence-corrected chi connectivity index (χ4v) is 4.76. The fraction of sp³-hybridized carbons (Fsp3) is 0.571. The first kappa shape index (κ1) is 16.9. The lowest BCUT2D eigenvalue weighted by atomic mass is 10.0. The number of halogens is 1. The van der Waals surface area contributed by atoms with Crippen LogP contribution in [0.2, 0.25) is 0 Å². The van der Waals surface area contributed by atoms with E-state index in [0.717, 1.165) is 19.4 Å². The van der Waals surface area contributed by atoms with Gasteiger partial charge in [0.2, 0.25) is 10.0 Å². The monoisotopic (exact) mass is 377 g/mol. The van der Waals surface area contributed by atoms with Gasteiger partial charge in [0.15, 0.2) is 0 Å². The quantitative estimate of drug-likeness (QED) is 0.851. The summed E-state index contributed by atoms with van der Waals surface area (Å²) < 4.78 is 32.5. The fourth-order valence-electron chi connectivity index (χ4n) is 2.43. The second kappa shape index (κ2) is 7.19. The Morgan fingerprint density at radius 2 is 2.24 bits per heavy atom. The lowest BCUT2D eigenvalue weighted by Gasteiger charge is -2.27. The molecule has 0 amide bonds. The smallest absolute Gasteiger partial charge is 0.243 e. The Morgan fingerprint density at radius 3 is 2.81 bits per heavy atom.